The maximum absolute atomic E-state index is 12.3. The summed E-state index contributed by atoms with van der Waals surface area (Å²) in [4.78, 5) is 11.2. The van der Waals surface area contributed by atoms with Gasteiger partial charge in [-0.25, -0.2) is 8.42 Å². The first kappa shape index (κ1) is 17.1. The summed E-state index contributed by atoms with van der Waals surface area (Å²) < 4.78 is 27.3. The topological polar surface area (TPSA) is 83.5 Å². The molecule has 0 saturated heterocycles. The van der Waals surface area contributed by atoms with Crippen LogP contribution in [0, 0.1) is 12.8 Å². The van der Waals surface area contributed by atoms with Crippen molar-refractivity contribution in [3.63, 3.8) is 0 Å². The van der Waals surface area contributed by atoms with E-state index in [4.69, 9.17) is 5.11 Å². The Bertz CT molecular complexity index is 600. The Hall–Kier alpha value is -0.920. The Labute approximate surface area is 127 Å². The minimum atomic E-state index is -3.88. The molecular weight excluding hydrogens is 346 g/mol. The molecule has 1 rings (SSSR count). The quantitative estimate of drug-likeness (QED) is 0.813. The number of benzene rings is 1. The molecule has 0 bridgehead atoms. The second kappa shape index (κ2) is 6.69. The fourth-order valence-corrected chi connectivity index (χ4v) is 4.19. The van der Waals surface area contributed by atoms with Crippen molar-refractivity contribution >= 4 is 31.9 Å². The normalized spacial score (nSPS) is 14.8. The highest BCUT2D eigenvalue weighted by Crippen LogP contribution is 2.24. The van der Waals surface area contributed by atoms with Crippen LogP contribution in [0.15, 0.2) is 27.6 Å². The van der Waals surface area contributed by atoms with Crippen molar-refractivity contribution in [2.24, 2.45) is 5.92 Å². The smallest absolute Gasteiger partial charge is 0.322 e. The zero-order valence-electron chi connectivity index (χ0n) is 11.6. The van der Waals surface area contributed by atoms with E-state index < -0.39 is 22.0 Å². The first-order chi connectivity index (χ1) is 9.19. The molecule has 2 unspecified atom stereocenters. The van der Waals surface area contributed by atoms with Crippen LogP contribution in [-0.2, 0) is 14.8 Å². The molecule has 0 aliphatic rings. The van der Waals surface area contributed by atoms with Gasteiger partial charge < -0.3 is 5.11 Å². The Morgan fingerprint density at radius 3 is 2.50 bits per heavy atom. The lowest BCUT2D eigenvalue weighted by Gasteiger charge is -2.20. The number of aryl methyl sites for hydroxylation is 1. The number of nitrogens with one attached hydrogen (secondary N) is 1. The fraction of sp³-hybridized carbons (Fsp3) is 0.462. The Balaban J connectivity index is 3.13. The standard InChI is InChI=1S/C13H18BrNO4S/c1-4-9(3)12(13(16)17)15-20(18,19)11-6-5-8(2)7-10(11)14/h5-7,9,12,15H,4H2,1-3H3,(H,16,17). The van der Waals surface area contributed by atoms with Gasteiger partial charge in [-0.15, -0.1) is 0 Å². The molecule has 1 aromatic rings. The van der Waals surface area contributed by atoms with Crippen LogP contribution in [0.25, 0.3) is 0 Å². The number of hydrogen-bond donors (Lipinski definition) is 2. The maximum Gasteiger partial charge on any atom is 0.322 e. The average molecular weight is 364 g/mol. The van der Waals surface area contributed by atoms with Gasteiger partial charge in [-0.3, -0.25) is 4.79 Å². The van der Waals surface area contributed by atoms with Crippen molar-refractivity contribution < 1.29 is 18.3 Å². The van der Waals surface area contributed by atoms with Gasteiger partial charge >= 0.3 is 5.97 Å². The predicted octanol–water partition coefficient (Wildman–Crippen LogP) is 2.54. The van der Waals surface area contributed by atoms with Gasteiger partial charge in [0.1, 0.15) is 6.04 Å². The van der Waals surface area contributed by atoms with E-state index in [2.05, 4.69) is 20.7 Å². The average Bonchev–Trinajstić information content (AvgIpc) is 2.34. The van der Waals surface area contributed by atoms with Crippen molar-refractivity contribution in [1.29, 1.82) is 0 Å². The molecule has 0 spiro atoms. The minimum Gasteiger partial charge on any atom is -0.480 e. The molecule has 112 valence electrons. The van der Waals surface area contributed by atoms with Crippen LogP contribution >= 0.6 is 15.9 Å². The molecule has 5 nitrogen and oxygen atoms in total. The summed E-state index contributed by atoms with van der Waals surface area (Å²) in [6, 6.07) is 3.65. The van der Waals surface area contributed by atoms with Crippen molar-refractivity contribution in [2.45, 2.75) is 38.1 Å². The highest BCUT2D eigenvalue weighted by atomic mass is 79.9. The number of aliphatic carboxylic acids is 1. The number of carbonyl (C=O) groups is 1. The molecule has 20 heavy (non-hydrogen) atoms. The number of carboxylic acid groups (broad SMARTS) is 1. The molecule has 0 aromatic heterocycles. The number of sulfonamides is 1. The molecule has 1 aromatic carbocycles. The van der Waals surface area contributed by atoms with Gasteiger partial charge in [0.15, 0.2) is 0 Å². The van der Waals surface area contributed by atoms with E-state index in [0.717, 1.165) is 5.56 Å². The van der Waals surface area contributed by atoms with Crippen molar-refractivity contribution in [2.75, 3.05) is 0 Å². The van der Waals surface area contributed by atoms with Gasteiger partial charge in [0.25, 0.3) is 0 Å². The Morgan fingerprint density at radius 2 is 2.05 bits per heavy atom. The molecule has 7 heteroatoms. The first-order valence-corrected chi connectivity index (χ1v) is 8.48. The lowest BCUT2D eigenvalue weighted by molar-refractivity contribution is -0.140. The summed E-state index contributed by atoms with van der Waals surface area (Å²) in [6.45, 7) is 5.36. The van der Waals surface area contributed by atoms with Gasteiger partial charge in [0.2, 0.25) is 10.0 Å². The summed E-state index contributed by atoms with van der Waals surface area (Å²) in [5, 5.41) is 9.16. The van der Waals surface area contributed by atoms with Crippen molar-refractivity contribution in [3.8, 4) is 0 Å². The third-order valence-corrected chi connectivity index (χ3v) is 5.56. The highest BCUT2D eigenvalue weighted by molar-refractivity contribution is 9.10. The molecule has 0 aliphatic heterocycles. The van der Waals surface area contributed by atoms with Crippen LogP contribution in [0.1, 0.15) is 25.8 Å². The number of halogens is 1. The van der Waals surface area contributed by atoms with E-state index in [0.29, 0.717) is 10.9 Å². The van der Waals surface area contributed by atoms with E-state index in [1.54, 1.807) is 19.1 Å². The van der Waals surface area contributed by atoms with Crippen LogP contribution < -0.4 is 4.72 Å². The molecule has 0 radical (unpaired) electrons. The Kier molecular flexibility index (Phi) is 5.73. The van der Waals surface area contributed by atoms with E-state index >= 15 is 0 Å². The molecular formula is C13H18BrNO4S. The third kappa shape index (κ3) is 4.04. The summed E-state index contributed by atoms with van der Waals surface area (Å²) >= 11 is 3.20. The molecule has 0 fully saturated rings. The van der Waals surface area contributed by atoms with Crippen LogP contribution in [0.2, 0.25) is 0 Å². The largest absolute Gasteiger partial charge is 0.480 e. The van der Waals surface area contributed by atoms with Crippen molar-refractivity contribution in [3.05, 3.63) is 28.2 Å². The molecule has 2 atom stereocenters. The van der Waals surface area contributed by atoms with Gasteiger partial charge in [-0.2, -0.15) is 4.72 Å². The van der Waals surface area contributed by atoms with Crippen LogP contribution in [-0.4, -0.2) is 25.5 Å². The lowest BCUT2D eigenvalue weighted by Crippen LogP contribution is -2.44. The SMILES string of the molecule is CCC(C)C(NS(=O)(=O)c1ccc(C)cc1Br)C(=O)O. The second-order valence-corrected chi connectivity index (χ2v) is 7.29. The van der Waals surface area contributed by atoms with Crippen LogP contribution in [0.4, 0.5) is 0 Å². The van der Waals surface area contributed by atoms with Gasteiger partial charge in [-0.05, 0) is 46.5 Å². The van der Waals surface area contributed by atoms with Gasteiger partial charge in [-0.1, -0.05) is 26.3 Å². The van der Waals surface area contributed by atoms with Gasteiger partial charge in [0, 0.05) is 4.47 Å². The van der Waals surface area contributed by atoms with E-state index in [1.807, 2.05) is 13.8 Å². The van der Waals surface area contributed by atoms with Crippen LogP contribution in [0.5, 0.6) is 0 Å². The molecule has 0 amide bonds. The highest BCUT2D eigenvalue weighted by Gasteiger charge is 2.30. The predicted molar refractivity (Wildman–Crippen MR) is 80.1 cm³/mol. The zero-order chi connectivity index (χ0) is 15.5. The molecule has 2 N–H and O–H groups in total. The molecule has 0 aliphatic carbocycles. The van der Waals surface area contributed by atoms with Gasteiger partial charge in [0.05, 0.1) is 4.90 Å². The third-order valence-electron chi connectivity index (χ3n) is 3.14. The van der Waals surface area contributed by atoms with E-state index in [1.165, 1.54) is 6.07 Å². The number of rotatable bonds is 6. The number of carboxylic acids is 1. The van der Waals surface area contributed by atoms with E-state index in [9.17, 15) is 13.2 Å². The summed E-state index contributed by atoms with van der Waals surface area (Å²) in [5.41, 5.74) is 0.910. The zero-order valence-corrected chi connectivity index (χ0v) is 14.0. The summed E-state index contributed by atoms with van der Waals surface area (Å²) in [7, 11) is -3.88. The van der Waals surface area contributed by atoms with Crippen molar-refractivity contribution in [1.82, 2.24) is 4.72 Å². The lowest BCUT2D eigenvalue weighted by atomic mass is 10.0. The maximum atomic E-state index is 12.3. The monoisotopic (exact) mass is 363 g/mol. The summed E-state index contributed by atoms with van der Waals surface area (Å²) in [6.07, 6.45) is 0.564. The number of hydrogen-bond acceptors (Lipinski definition) is 3. The Morgan fingerprint density at radius 1 is 1.45 bits per heavy atom. The minimum absolute atomic E-state index is 0.0395. The molecule has 0 heterocycles. The molecule has 0 saturated carbocycles. The van der Waals surface area contributed by atoms with E-state index in [-0.39, 0.29) is 10.8 Å². The summed E-state index contributed by atoms with van der Waals surface area (Å²) in [5.74, 6) is -1.47. The fourth-order valence-electron chi connectivity index (χ4n) is 1.70. The second-order valence-electron chi connectivity index (χ2n) is 4.76. The van der Waals surface area contributed by atoms with Crippen LogP contribution in [0.3, 0.4) is 0 Å². The first-order valence-electron chi connectivity index (χ1n) is 6.20.